The van der Waals surface area contributed by atoms with Crippen molar-refractivity contribution in [1.29, 1.82) is 0 Å². The molecule has 1 aliphatic carbocycles. The molecule has 1 saturated carbocycles. The number of carbonyl (C=O) groups excluding carboxylic acids is 2. The molecule has 4 aromatic rings. The number of morpholine rings is 1. The maximum Gasteiger partial charge on any atom is 0.416 e. The van der Waals surface area contributed by atoms with Crippen molar-refractivity contribution in [2.45, 2.75) is 65.2 Å². The Morgan fingerprint density at radius 1 is 0.979 bits per heavy atom. The summed E-state index contributed by atoms with van der Waals surface area (Å²) in [4.78, 5) is 35.5. The second-order valence-corrected chi connectivity index (χ2v) is 14.2. The largest absolute Gasteiger partial charge is 0.416 e. The number of fused-ring (bicyclic) bond motifs is 1. The summed E-state index contributed by atoms with van der Waals surface area (Å²) in [5.41, 5.74) is 3.20. The molecule has 254 valence electrons. The number of anilines is 2. The number of hydrogen-bond donors (Lipinski definition) is 2. The molecule has 0 radical (unpaired) electrons. The van der Waals surface area contributed by atoms with Gasteiger partial charge in [-0.05, 0) is 91.6 Å². The van der Waals surface area contributed by atoms with Gasteiger partial charge in [0.15, 0.2) is 0 Å². The van der Waals surface area contributed by atoms with Gasteiger partial charge in [0.1, 0.15) is 5.54 Å². The van der Waals surface area contributed by atoms with Crippen LogP contribution in [0.5, 0.6) is 0 Å². The SMILES string of the molecule is Cc1[nH]c2ccccc2c1C1C(CC(=O)N(Cc2ccc(C(F)(F)F)cc2)C(C)(C)C(=O)Nc2ccc(N3CCOCC3)cc2)C1(C)C. The summed E-state index contributed by atoms with van der Waals surface area (Å²) in [6, 6.07) is 20.5. The van der Waals surface area contributed by atoms with E-state index in [2.05, 4.69) is 42.0 Å². The number of aryl methyl sites for hydroxylation is 1. The molecule has 1 saturated heterocycles. The minimum Gasteiger partial charge on any atom is -0.378 e. The van der Waals surface area contributed by atoms with Crippen molar-refractivity contribution >= 4 is 34.1 Å². The maximum atomic E-state index is 14.3. The fraction of sp³-hybridized carbons (Fsp3) is 0.421. The Balaban J connectivity index is 1.24. The van der Waals surface area contributed by atoms with Gasteiger partial charge in [-0.15, -0.1) is 0 Å². The molecule has 0 spiro atoms. The molecule has 7 nitrogen and oxygen atoms in total. The second kappa shape index (κ2) is 12.6. The zero-order chi connectivity index (χ0) is 34.4. The Morgan fingerprint density at radius 2 is 1.62 bits per heavy atom. The predicted molar refractivity (Wildman–Crippen MR) is 182 cm³/mol. The molecule has 1 aromatic heterocycles. The first-order chi connectivity index (χ1) is 22.7. The molecule has 2 amide bonds. The topological polar surface area (TPSA) is 77.7 Å². The normalized spacial score (nSPS) is 19.3. The number of nitrogens with zero attached hydrogens (tertiary/aromatic N) is 2. The van der Waals surface area contributed by atoms with Crippen molar-refractivity contribution in [2.24, 2.45) is 11.3 Å². The van der Waals surface area contributed by atoms with Crippen LogP contribution < -0.4 is 10.2 Å². The van der Waals surface area contributed by atoms with Crippen molar-refractivity contribution in [3.05, 3.63) is 95.2 Å². The Hall–Kier alpha value is -4.31. The molecule has 0 bridgehead atoms. The molecule has 2 atom stereocenters. The van der Waals surface area contributed by atoms with Gasteiger partial charge < -0.3 is 24.8 Å². The van der Waals surface area contributed by atoms with Crippen molar-refractivity contribution in [3.63, 3.8) is 0 Å². The number of amides is 2. The van der Waals surface area contributed by atoms with E-state index in [1.54, 1.807) is 13.8 Å². The minimum absolute atomic E-state index is 0.0166. The molecule has 1 aliphatic heterocycles. The third kappa shape index (κ3) is 6.55. The Bertz CT molecular complexity index is 1790. The van der Waals surface area contributed by atoms with Crippen molar-refractivity contribution in [1.82, 2.24) is 9.88 Å². The summed E-state index contributed by atoms with van der Waals surface area (Å²) in [5, 5.41) is 4.12. The number of benzene rings is 3. The van der Waals surface area contributed by atoms with Gasteiger partial charge in [0.05, 0.1) is 18.8 Å². The standard InChI is InChI=1S/C38H43F3N4O3/c1-24-33(29-8-6-7-9-31(29)42-24)34-30(36(34,2)3)22-32(46)45(23-25-10-12-26(13-11-25)38(39,40)41)37(4,5)35(47)43-27-14-16-28(17-15-27)44-18-20-48-21-19-44/h6-17,30,34,42H,18-23H2,1-5H3,(H,43,47). The van der Waals surface area contributed by atoms with E-state index in [0.29, 0.717) is 24.5 Å². The maximum absolute atomic E-state index is 14.3. The summed E-state index contributed by atoms with van der Waals surface area (Å²) < 4.78 is 45.4. The summed E-state index contributed by atoms with van der Waals surface area (Å²) in [6.45, 7) is 12.6. The molecule has 6 rings (SSSR count). The minimum atomic E-state index is -4.47. The van der Waals surface area contributed by atoms with Gasteiger partial charge >= 0.3 is 6.18 Å². The van der Waals surface area contributed by atoms with Gasteiger partial charge in [-0.3, -0.25) is 9.59 Å². The number of aromatic amines is 1. The van der Waals surface area contributed by atoms with Crippen LogP contribution in [0.1, 0.15) is 62.4 Å². The van der Waals surface area contributed by atoms with Crippen LogP contribution in [0.3, 0.4) is 0 Å². The van der Waals surface area contributed by atoms with Crippen LogP contribution in [-0.4, -0.2) is 53.5 Å². The van der Waals surface area contributed by atoms with Gasteiger partial charge in [0, 0.05) is 54.0 Å². The van der Waals surface area contributed by atoms with E-state index in [1.165, 1.54) is 22.6 Å². The first kappa shape index (κ1) is 33.6. The smallest absolute Gasteiger partial charge is 0.378 e. The van der Waals surface area contributed by atoms with Crippen molar-refractivity contribution in [2.75, 3.05) is 36.5 Å². The number of ether oxygens (including phenoxy) is 1. The second-order valence-electron chi connectivity index (χ2n) is 14.2. The number of alkyl halides is 3. The number of aromatic nitrogens is 1. The van der Waals surface area contributed by atoms with E-state index in [-0.39, 0.29) is 42.0 Å². The molecule has 3 aromatic carbocycles. The third-order valence-electron chi connectivity index (χ3n) is 10.4. The van der Waals surface area contributed by atoms with Gasteiger partial charge in [-0.25, -0.2) is 0 Å². The fourth-order valence-corrected chi connectivity index (χ4v) is 7.26. The molecule has 2 unspecified atom stereocenters. The number of halogens is 3. The Labute approximate surface area is 279 Å². The first-order valence-corrected chi connectivity index (χ1v) is 16.5. The molecule has 2 aliphatic rings. The van der Waals surface area contributed by atoms with Crippen molar-refractivity contribution in [3.8, 4) is 0 Å². The van der Waals surface area contributed by atoms with Gasteiger partial charge in [0.25, 0.3) is 0 Å². The van der Waals surface area contributed by atoms with Crippen LogP contribution >= 0.6 is 0 Å². The molecular weight excluding hydrogens is 617 g/mol. The summed E-state index contributed by atoms with van der Waals surface area (Å²) >= 11 is 0. The third-order valence-corrected chi connectivity index (χ3v) is 10.4. The van der Waals surface area contributed by atoms with Crippen LogP contribution in [0, 0.1) is 18.3 Å². The predicted octanol–water partition coefficient (Wildman–Crippen LogP) is 7.91. The van der Waals surface area contributed by atoms with E-state index in [9.17, 15) is 22.8 Å². The highest BCUT2D eigenvalue weighted by molar-refractivity contribution is 6.00. The van der Waals surface area contributed by atoms with Gasteiger partial charge in [0.2, 0.25) is 11.8 Å². The van der Waals surface area contributed by atoms with E-state index in [4.69, 9.17) is 4.74 Å². The molecule has 2 N–H and O–H groups in total. The number of nitrogens with one attached hydrogen (secondary N) is 2. The highest BCUT2D eigenvalue weighted by Crippen LogP contribution is 2.67. The van der Waals surface area contributed by atoms with Gasteiger partial charge in [-0.2, -0.15) is 13.2 Å². The highest BCUT2D eigenvalue weighted by atomic mass is 19.4. The van der Waals surface area contributed by atoms with Crippen LogP contribution in [0.4, 0.5) is 24.5 Å². The first-order valence-electron chi connectivity index (χ1n) is 16.5. The lowest BCUT2D eigenvalue weighted by Gasteiger charge is -2.38. The summed E-state index contributed by atoms with van der Waals surface area (Å²) in [5.74, 6) is -0.464. The molecule has 2 heterocycles. The number of carbonyl (C=O) groups is 2. The van der Waals surface area contributed by atoms with Crippen molar-refractivity contribution < 1.29 is 27.5 Å². The Kier molecular flexibility index (Phi) is 8.83. The lowest BCUT2D eigenvalue weighted by atomic mass is 9.97. The lowest BCUT2D eigenvalue weighted by molar-refractivity contribution is -0.145. The number of hydrogen-bond acceptors (Lipinski definition) is 4. The summed E-state index contributed by atoms with van der Waals surface area (Å²) in [6.07, 6.45) is -4.28. The Morgan fingerprint density at radius 3 is 2.27 bits per heavy atom. The number of para-hydroxylation sites is 1. The molecule has 10 heteroatoms. The summed E-state index contributed by atoms with van der Waals surface area (Å²) in [7, 11) is 0. The average Bonchev–Trinajstić information content (AvgIpc) is 3.40. The number of rotatable bonds is 9. The average molecular weight is 661 g/mol. The highest BCUT2D eigenvalue weighted by Gasteiger charge is 2.60. The van der Waals surface area contributed by atoms with E-state index in [0.717, 1.165) is 47.5 Å². The van der Waals surface area contributed by atoms with Crippen LogP contribution in [0.2, 0.25) is 0 Å². The van der Waals surface area contributed by atoms with Gasteiger partial charge in [-0.1, -0.05) is 44.2 Å². The van der Waals surface area contributed by atoms with E-state index < -0.39 is 17.3 Å². The monoisotopic (exact) mass is 660 g/mol. The van der Waals surface area contributed by atoms with Crippen LogP contribution in [0.25, 0.3) is 10.9 Å². The van der Waals surface area contributed by atoms with E-state index in [1.807, 2.05) is 42.5 Å². The quantitative estimate of drug-likeness (QED) is 0.191. The lowest BCUT2D eigenvalue weighted by Crippen LogP contribution is -2.54. The van der Waals surface area contributed by atoms with Crippen LogP contribution in [-0.2, 0) is 27.0 Å². The number of H-pyrrole nitrogens is 1. The van der Waals surface area contributed by atoms with Crippen LogP contribution in [0.15, 0.2) is 72.8 Å². The molecule has 48 heavy (non-hydrogen) atoms. The zero-order valence-electron chi connectivity index (χ0n) is 28.1. The molecular formula is C38H43F3N4O3. The zero-order valence-corrected chi connectivity index (χ0v) is 28.1. The van der Waals surface area contributed by atoms with E-state index >= 15 is 0 Å². The fourth-order valence-electron chi connectivity index (χ4n) is 7.26. The molecule has 2 fully saturated rings.